The van der Waals surface area contributed by atoms with Gasteiger partial charge in [0.2, 0.25) is 0 Å². The Kier molecular flexibility index (Phi) is 5.70. The number of hydrogen-bond acceptors (Lipinski definition) is 7. The zero-order valence-corrected chi connectivity index (χ0v) is 19.5. The molecular formula is C26H19FN2O5S. The topological polar surface area (TPSA) is 89.0 Å². The van der Waals surface area contributed by atoms with Crippen LogP contribution in [0.1, 0.15) is 17.2 Å². The number of carbonyl (C=O) groups excluding carboxylic acids is 2. The number of carbonyl (C=O) groups is 2. The number of fused-ring (bicyclic) bond motifs is 1. The molecule has 0 radical (unpaired) electrons. The second-order valence-corrected chi connectivity index (χ2v) is 8.76. The van der Waals surface area contributed by atoms with Gasteiger partial charge in [0.1, 0.15) is 29.1 Å². The van der Waals surface area contributed by atoms with Crippen LogP contribution in [0.15, 0.2) is 72.3 Å². The number of aromatic nitrogens is 1. The standard InChI is InChI=1S/C26H19FN2O5S/c1-33-15-7-5-6-14(12-15)23(30)21-22(17-8-3-4-9-18(17)27)29(25(32)24(21)31)26-28-19-11-10-16(34-2)13-20(19)35-26/h3-13,22,30H,1-2H3/b23-21+. The van der Waals surface area contributed by atoms with Gasteiger partial charge in [0, 0.05) is 11.1 Å². The number of nitrogens with zero attached hydrogens (tertiary/aromatic N) is 2. The van der Waals surface area contributed by atoms with Gasteiger partial charge in [0.25, 0.3) is 5.78 Å². The van der Waals surface area contributed by atoms with Crippen molar-refractivity contribution in [3.63, 3.8) is 0 Å². The molecule has 2 heterocycles. The predicted octanol–water partition coefficient (Wildman–Crippen LogP) is 5.08. The fourth-order valence-electron chi connectivity index (χ4n) is 4.07. The van der Waals surface area contributed by atoms with Crippen molar-refractivity contribution in [2.75, 3.05) is 19.1 Å². The van der Waals surface area contributed by atoms with Crippen molar-refractivity contribution in [1.82, 2.24) is 4.98 Å². The van der Waals surface area contributed by atoms with Crippen molar-refractivity contribution in [3.8, 4) is 11.5 Å². The van der Waals surface area contributed by atoms with Crippen LogP contribution in [0.25, 0.3) is 16.0 Å². The molecule has 1 unspecified atom stereocenters. The zero-order chi connectivity index (χ0) is 24.7. The minimum absolute atomic E-state index is 0.0629. The predicted molar refractivity (Wildman–Crippen MR) is 130 cm³/mol. The van der Waals surface area contributed by atoms with Crippen LogP contribution in [0.2, 0.25) is 0 Å². The Hall–Kier alpha value is -4.24. The number of thiazole rings is 1. The summed E-state index contributed by atoms with van der Waals surface area (Å²) in [7, 11) is 3.01. The molecular weight excluding hydrogens is 471 g/mol. The fourth-order valence-corrected chi connectivity index (χ4v) is 5.09. The molecule has 1 atom stereocenters. The molecule has 35 heavy (non-hydrogen) atoms. The first kappa shape index (κ1) is 22.5. The van der Waals surface area contributed by atoms with E-state index >= 15 is 4.39 Å². The highest BCUT2D eigenvalue weighted by Crippen LogP contribution is 2.45. The lowest BCUT2D eigenvalue weighted by molar-refractivity contribution is -0.132. The Labute approximate surface area is 203 Å². The quantitative estimate of drug-likeness (QED) is 0.239. The third-order valence-electron chi connectivity index (χ3n) is 5.78. The molecule has 5 rings (SSSR count). The number of rotatable bonds is 5. The number of ether oxygens (including phenoxy) is 2. The van der Waals surface area contributed by atoms with Gasteiger partial charge < -0.3 is 14.6 Å². The summed E-state index contributed by atoms with van der Waals surface area (Å²) in [6.07, 6.45) is 0. The number of aliphatic hydroxyl groups excluding tert-OH is 1. The molecule has 0 bridgehead atoms. The van der Waals surface area contributed by atoms with E-state index in [4.69, 9.17) is 9.47 Å². The molecule has 7 nitrogen and oxygen atoms in total. The molecule has 0 saturated carbocycles. The van der Waals surface area contributed by atoms with Crippen molar-refractivity contribution in [1.29, 1.82) is 0 Å². The highest BCUT2D eigenvalue weighted by molar-refractivity contribution is 7.22. The van der Waals surface area contributed by atoms with E-state index in [2.05, 4.69) is 4.98 Å². The Morgan fingerprint density at radius 2 is 1.74 bits per heavy atom. The van der Waals surface area contributed by atoms with E-state index in [1.807, 2.05) is 0 Å². The summed E-state index contributed by atoms with van der Waals surface area (Å²) < 4.78 is 26.2. The van der Waals surface area contributed by atoms with Gasteiger partial charge in [-0.15, -0.1) is 0 Å². The number of anilines is 1. The minimum atomic E-state index is -1.22. The Balaban J connectivity index is 1.73. The van der Waals surface area contributed by atoms with E-state index < -0.39 is 29.3 Å². The number of Topliss-reactive ketones (excluding diaryl/α,β-unsaturated/α-hetero) is 1. The molecule has 1 N–H and O–H groups in total. The largest absolute Gasteiger partial charge is 0.507 e. The maximum atomic E-state index is 15.0. The van der Waals surface area contributed by atoms with Crippen molar-refractivity contribution < 1.29 is 28.6 Å². The number of methoxy groups -OCH3 is 2. The molecule has 0 spiro atoms. The third kappa shape index (κ3) is 3.79. The molecule has 3 aromatic carbocycles. The molecule has 1 aromatic heterocycles. The van der Waals surface area contributed by atoms with Crippen LogP contribution in [-0.2, 0) is 9.59 Å². The average molecular weight is 491 g/mol. The van der Waals surface area contributed by atoms with Gasteiger partial charge in [-0.1, -0.05) is 41.7 Å². The molecule has 0 aliphatic carbocycles. The maximum absolute atomic E-state index is 15.0. The Bertz CT molecular complexity index is 1510. The van der Waals surface area contributed by atoms with Gasteiger partial charge in [-0.2, -0.15) is 0 Å². The number of amides is 1. The van der Waals surface area contributed by atoms with E-state index in [0.29, 0.717) is 17.0 Å². The van der Waals surface area contributed by atoms with Crippen LogP contribution in [0.4, 0.5) is 9.52 Å². The summed E-state index contributed by atoms with van der Waals surface area (Å²) in [4.78, 5) is 32.2. The molecule has 1 fully saturated rings. The molecule has 176 valence electrons. The molecule has 1 amide bonds. The lowest BCUT2D eigenvalue weighted by Gasteiger charge is -2.23. The van der Waals surface area contributed by atoms with Crippen molar-refractivity contribution >= 4 is 44.1 Å². The van der Waals surface area contributed by atoms with Crippen molar-refractivity contribution in [2.45, 2.75) is 6.04 Å². The second kappa shape index (κ2) is 8.84. The monoisotopic (exact) mass is 490 g/mol. The summed E-state index contributed by atoms with van der Waals surface area (Å²) in [6.45, 7) is 0. The summed E-state index contributed by atoms with van der Waals surface area (Å²) in [5.41, 5.74) is 0.684. The molecule has 1 saturated heterocycles. The number of halogens is 1. The SMILES string of the molecule is COc1cccc(/C(O)=C2\C(=O)C(=O)N(c3nc4ccc(OC)cc4s3)C2c2ccccc2F)c1. The van der Waals surface area contributed by atoms with Crippen molar-refractivity contribution in [3.05, 3.63) is 89.2 Å². The Morgan fingerprint density at radius 1 is 1.00 bits per heavy atom. The highest BCUT2D eigenvalue weighted by Gasteiger charge is 2.49. The van der Waals surface area contributed by atoms with Crippen LogP contribution < -0.4 is 14.4 Å². The first-order valence-electron chi connectivity index (χ1n) is 10.6. The number of hydrogen-bond donors (Lipinski definition) is 1. The third-order valence-corrected chi connectivity index (χ3v) is 6.80. The van der Waals surface area contributed by atoms with Gasteiger partial charge in [-0.05, 0) is 36.4 Å². The van der Waals surface area contributed by atoms with E-state index in [9.17, 15) is 14.7 Å². The van der Waals surface area contributed by atoms with Crippen LogP contribution in [-0.4, -0.2) is 36.0 Å². The maximum Gasteiger partial charge on any atom is 0.301 e. The number of aliphatic hydroxyl groups is 1. The van der Waals surface area contributed by atoms with Crippen molar-refractivity contribution in [2.24, 2.45) is 0 Å². The first-order valence-corrected chi connectivity index (χ1v) is 11.4. The van der Waals surface area contributed by atoms with Crippen LogP contribution >= 0.6 is 11.3 Å². The molecule has 1 aliphatic rings. The van der Waals surface area contributed by atoms with Gasteiger partial charge in [-0.3, -0.25) is 14.5 Å². The number of benzene rings is 3. The Morgan fingerprint density at radius 3 is 2.49 bits per heavy atom. The lowest BCUT2D eigenvalue weighted by Crippen LogP contribution is -2.29. The van der Waals surface area contributed by atoms with Gasteiger partial charge in [-0.25, -0.2) is 9.37 Å². The highest BCUT2D eigenvalue weighted by atomic mass is 32.1. The van der Waals surface area contributed by atoms with E-state index in [-0.39, 0.29) is 21.8 Å². The van der Waals surface area contributed by atoms with Crippen LogP contribution in [0.3, 0.4) is 0 Å². The van der Waals surface area contributed by atoms with Gasteiger partial charge >= 0.3 is 5.91 Å². The van der Waals surface area contributed by atoms with Crippen LogP contribution in [0, 0.1) is 5.82 Å². The smallest absolute Gasteiger partial charge is 0.301 e. The van der Waals surface area contributed by atoms with E-state index in [0.717, 1.165) is 20.9 Å². The molecule has 4 aromatic rings. The average Bonchev–Trinajstić information content (AvgIpc) is 3.41. The number of ketones is 1. The van der Waals surface area contributed by atoms with Gasteiger partial charge in [0.05, 0.1) is 30.0 Å². The minimum Gasteiger partial charge on any atom is -0.507 e. The zero-order valence-electron chi connectivity index (χ0n) is 18.7. The molecule has 9 heteroatoms. The summed E-state index contributed by atoms with van der Waals surface area (Å²) in [6, 6.07) is 16.3. The molecule has 1 aliphatic heterocycles. The summed E-state index contributed by atoms with van der Waals surface area (Å²) in [5, 5.41) is 11.4. The first-order chi connectivity index (χ1) is 16.9. The van der Waals surface area contributed by atoms with Crippen LogP contribution in [0.5, 0.6) is 11.5 Å². The second-order valence-electron chi connectivity index (χ2n) is 7.75. The normalized spacial score (nSPS) is 17.2. The fraction of sp³-hybridized carbons (Fsp3) is 0.115. The lowest BCUT2D eigenvalue weighted by atomic mass is 9.95. The van der Waals surface area contributed by atoms with Gasteiger partial charge in [0.15, 0.2) is 5.13 Å². The van der Waals surface area contributed by atoms with E-state index in [1.165, 1.54) is 31.4 Å². The summed E-state index contributed by atoms with van der Waals surface area (Å²) in [5.74, 6) is -1.84. The van der Waals surface area contributed by atoms with E-state index in [1.54, 1.807) is 49.6 Å². The summed E-state index contributed by atoms with van der Waals surface area (Å²) >= 11 is 1.16.